The van der Waals surface area contributed by atoms with E-state index in [1.165, 1.54) is 31.2 Å². The highest BCUT2D eigenvalue weighted by Crippen LogP contribution is 2.21. The van der Waals surface area contributed by atoms with Crippen molar-refractivity contribution in [3.8, 4) is 6.07 Å². The summed E-state index contributed by atoms with van der Waals surface area (Å²) in [5.41, 5.74) is 1.44. The van der Waals surface area contributed by atoms with Crippen LogP contribution >= 0.6 is 0 Å². The first kappa shape index (κ1) is 12.8. The van der Waals surface area contributed by atoms with Gasteiger partial charge >= 0.3 is 0 Å². The molecule has 86 valence electrons. The summed E-state index contributed by atoms with van der Waals surface area (Å²) < 4.78 is 0. The zero-order chi connectivity index (χ0) is 11.6. The Labute approximate surface area is 99.1 Å². The topological polar surface area (TPSA) is 23.8 Å². The summed E-state index contributed by atoms with van der Waals surface area (Å²) >= 11 is 0. The molecule has 0 amide bonds. The summed E-state index contributed by atoms with van der Waals surface area (Å²) in [6, 6.07) is 12.9. The van der Waals surface area contributed by atoms with E-state index >= 15 is 0 Å². The first-order valence-corrected chi connectivity index (χ1v) is 6.26. The molecule has 0 saturated heterocycles. The Hall–Kier alpha value is -1.29. The van der Waals surface area contributed by atoms with Gasteiger partial charge in [-0.2, -0.15) is 5.26 Å². The van der Waals surface area contributed by atoms with Crippen LogP contribution in [0.15, 0.2) is 30.3 Å². The maximum absolute atomic E-state index is 8.41. The van der Waals surface area contributed by atoms with Crippen LogP contribution in [0.5, 0.6) is 0 Å². The van der Waals surface area contributed by atoms with Crippen LogP contribution in [0.3, 0.4) is 0 Å². The number of hydrogen-bond donors (Lipinski definition) is 0. The Morgan fingerprint density at radius 3 is 2.44 bits per heavy atom. The Kier molecular flexibility index (Phi) is 6.33. The van der Waals surface area contributed by atoms with Crippen LogP contribution in [-0.4, -0.2) is 0 Å². The van der Waals surface area contributed by atoms with Gasteiger partial charge in [0.25, 0.3) is 0 Å². The fourth-order valence-electron chi connectivity index (χ4n) is 1.96. The lowest BCUT2D eigenvalue weighted by atomic mass is 9.95. The fourth-order valence-corrected chi connectivity index (χ4v) is 1.96. The number of nitrogens with zero attached hydrogens (tertiary/aromatic N) is 1. The minimum Gasteiger partial charge on any atom is -0.198 e. The molecule has 0 fully saturated rings. The zero-order valence-corrected chi connectivity index (χ0v) is 10.2. The number of hydrogen-bond acceptors (Lipinski definition) is 1. The highest BCUT2D eigenvalue weighted by molar-refractivity contribution is 5.18. The van der Waals surface area contributed by atoms with Gasteiger partial charge in [0.15, 0.2) is 0 Å². The average molecular weight is 215 g/mol. The van der Waals surface area contributed by atoms with Gasteiger partial charge in [-0.05, 0) is 24.3 Å². The molecule has 0 aliphatic heterocycles. The monoisotopic (exact) mass is 215 g/mol. The molecule has 0 aliphatic rings. The van der Waals surface area contributed by atoms with Crippen molar-refractivity contribution in [1.82, 2.24) is 0 Å². The average Bonchev–Trinajstić information content (AvgIpc) is 2.34. The summed E-state index contributed by atoms with van der Waals surface area (Å²) in [7, 11) is 0. The molecule has 1 aromatic carbocycles. The van der Waals surface area contributed by atoms with Gasteiger partial charge in [-0.25, -0.2) is 0 Å². The van der Waals surface area contributed by atoms with Crippen LogP contribution in [0, 0.1) is 11.3 Å². The minimum atomic E-state index is 0.664. The van der Waals surface area contributed by atoms with Crippen molar-refractivity contribution in [3.05, 3.63) is 35.9 Å². The van der Waals surface area contributed by atoms with Gasteiger partial charge < -0.3 is 0 Å². The van der Waals surface area contributed by atoms with Gasteiger partial charge in [0, 0.05) is 6.42 Å². The summed E-state index contributed by atoms with van der Waals surface area (Å²) in [5.74, 6) is 0.664. The molecule has 0 bridgehead atoms. The quantitative estimate of drug-likeness (QED) is 0.607. The van der Waals surface area contributed by atoms with E-state index < -0.39 is 0 Å². The number of rotatable bonds is 7. The lowest BCUT2D eigenvalue weighted by Crippen LogP contribution is -1.93. The van der Waals surface area contributed by atoms with Crippen molar-refractivity contribution < 1.29 is 0 Å². The van der Waals surface area contributed by atoms with Crippen molar-refractivity contribution >= 4 is 0 Å². The molecule has 0 heterocycles. The van der Waals surface area contributed by atoms with Crippen molar-refractivity contribution in [2.75, 3.05) is 0 Å². The summed E-state index contributed by atoms with van der Waals surface area (Å²) in [6.07, 6.45) is 6.79. The molecule has 1 rings (SSSR count). The Bertz CT molecular complexity index is 310. The molecule has 1 atom stereocenters. The predicted octanol–water partition coefficient (Wildman–Crippen LogP) is 4.65. The Balaban J connectivity index is 2.12. The first-order valence-electron chi connectivity index (χ1n) is 6.26. The van der Waals surface area contributed by atoms with Gasteiger partial charge in [0.05, 0.1) is 6.07 Å². The van der Waals surface area contributed by atoms with Crippen molar-refractivity contribution in [2.45, 2.75) is 51.4 Å². The van der Waals surface area contributed by atoms with Crippen LogP contribution in [0.1, 0.15) is 56.9 Å². The molecule has 1 heteroatoms. The van der Waals surface area contributed by atoms with Crippen molar-refractivity contribution in [1.29, 1.82) is 5.26 Å². The van der Waals surface area contributed by atoms with Crippen LogP contribution in [0.4, 0.5) is 0 Å². The van der Waals surface area contributed by atoms with Crippen LogP contribution < -0.4 is 0 Å². The molecule has 0 spiro atoms. The third-order valence-corrected chi connectivity index (χ3v) is 3.04. The second-order valence-corrected chi connectivity index (χ2v) is 4.42. The largest absolute Gasteiger partial charge is 0.198 e. The second-order valence-electron chi connectivity index (χ2n) is 4.42. The third-order valence-electron chi connectivity index (χ3n) is 3.04. The van der Waals surface area contributed by atoms with Crippen LogP contribution in [0.2, 0.25) is 0 Å². The molecule has 1 nitrogen and oxygen atoms in total. The Morgan fingerprint density at radius 2 is 1.75 bits per heavy atom. The second kappa shape index (κ2) is 7.93. The normalized spacial score (nSPS) is 12.0. The van der Waals surface area contributed by atoms with E-state index in [1.807, 2.05) is 0 Å². The smallest absolute Gasteiger partial charge is 0.0621 e. The molecular formula is C15H21N. The molecule has 0 aliphatic carbocycles. The van der Waals surface area contributed by atoms with E-state index in [0.29, 0.717) is 12.3 Å². The highest BCUT2D eigenvalue weighted by atomic mass is 14.2. The van der Waals surface area contributed by atoms with Crippen LogP contribution in [0.25, 0.3) is 0 Å². The summed E-state index contributed by atoms with van der Waals surface area (Å²) in [6.45, 7) is 2.30. The van der Waals surface area contributed by atoms with Gasteiger partial charge in [-0.15, -0.1) is 0 Å². The van der Waals surface area contributed by atoms with Crippen molar-refractivity contribution in [2.24, 2.45) is 0 Å². The fraction of sp³-hybridized carbons (Fsp3) is 0.533. The highest BCUT2D eigenvalue weighted by Gasteiger charge is 2.03. The lowest BCUT2D eigenvalue weighted by molar-refractivity contribution is 0.573. The third kappa shape index (κ3) is 4.98. The van der Waals surface area contributed by atoms with Crippen LogP contribution in [-0.2, 0) is 0 Å². The van der Waals surface area contributed by atoms with Gasteiger partial charge in [-0.1, -0.05) is 56.5 Å². The number of benzene rings is 1. The number of unbranched alkanes of at least 4 members (excludes halogenated alkanes) is 4. The molecule has 0 aromatic heterocycles. The lowest BCUT2D eigenvalue weighted by Gasteiger charge is -2.11. The van der Waals surface area contributed by atoms with Gasteiger partial charge in [-0.3, -0.25) is 0 Å². The molecule has 1 aromatic rings. The number of nitriles is 1. The van der Waals surface area contributed by atoms with Gasteiger partial charge in [0.1, 0.15) is 0 Å². The van der Waals surface area contributed by atoms with E-state index in [4.69, 9.17) is 5.26 Å². The maximum atomic E-state index is 8.41. The zero-order valence-electron chi connectivity index (χ0n) is 10.2. The molecule has 0 radical (unpaired) electrons. The molecule has 16 heavy (non-hydrogen) atoms. The Morgan fingerprint density at radius 1 is 1.06 bits per heavy atom. The van der Waals surface area contributed by atoms with E-state index in [1.54, 1.807) is 0 Å². The van der Waals surface area contributed by atoms with Gasteiger partial charge in [0.2, 0.25) is 0 Å². The first-order chi connectivity index (χ1) is 7.84. The molecule has 0 N–H and O–H groups in total. The van der Waals surface area contributed by atoms with E-state index in [2.05, 4.69) is 43.3 Å². The summed E-state index contributed by atoms with van der Waals surface area (Å²) in [4.78, 5) is 0. The summed E-state index contributed by atoms with van der Waals surface area (Å²) in [5, 5.41) is 8.41. The van der Waals surface area contributed by atoms with E-state index in [9.17, 15) is 0 Å². The maximum Gasteiger partial charge on any atom is 0.0621 e. The minimum absolute atomic E-state index is 0.664. The van der Waals surface area contributed by atoms with E-state index in [-0.39, 0.29) is 0 Å². The molecular weight excluding hydrogens is 194 g/mol. The SMILES string of the molecule is CC(CCCCCCC#N)c1ccccc1. The standard InChI is InChI=1S/C15H21N/c1-14(15-11-7-5-8-12-15)10-6-3-2-4-9-13-16/h5,7-8,11-12,14H,2-4,6,9-10H2,1H3. The predicted molar refractivity (Wildman–Crippen MR) is 68.2 cm³/mol. The molecule has 1 unspecified atom stereocenters. The molecule has 0 saturated carbocycles. The van der Waals surface area contributed by atoms with E-state index in [0.717, 1.165) is 6.42 Å². The van der Waals surface area contributed by atoms with Crippen molar-refractivity contribution in [3.63, 3.8) is 0 Å².